The maximum absolute atomic E-state index is 12.7. The third-order valence-corrected chi connectivity index (χ3v) is 6.22. The summed E-state index contributed by atoms with van der Waals surface area (Å²) in [6.45, 7) is 2.00. The van der Waals surface area contributed by atoms with Crippen molar-refractivity contribution in [1.29, 1.82) is 5.41 Å². The second-order valence-electron chi connectivity index (χ2n) is 7.53. The summed E-state index contributed by atoms with van der Waals surface area (Å²) in [5, 5.41) is 15.4. The second-order valence-corrected chi connectivity index (χ2v) is 8.49. The second kappa shape index (κ2) is 8.60. The zero-order chi connectivity index (χ0) is 23.8. The molecule has 8 nitrogen and oxygen atoms in total. The number of esters is 1. The number of aliphatic imine (C=N–C) groups is 1. The van der Waals surface area contributed by atoms with E-state index in [-0.39, 0.29) is 11.4 Å². The minimum absolute atomic E-state index is 0.0559. The molecule has 0 bridgehead atoms. The van der Waals surface area contributed by atoms with E-state index in [2.05, 4.69) is 10.1 Å². The number of carbonyl (C=O) groups is 2. The fraction of sp³-hybridized carbons (Fsp3) is 0.0800. The first-order chi connectivity index (χ1) is 16.4. The summed E-state index contributed by atoms with van der Waals surface area (Å²) in [5.41, 5.74) is 3.00. The van der Waals surface area contributed by atoms with Gasteiger partial charge in [0, 0.05) is 11.1 Å². The van der Waals surface area contributed by atoms with E-state index in [0.717, 1.165) is 11.1 Å². The molecule has 168 valence electrons. The van der Waals surface area contributed by atoms with Gasteiger partial charge in [-0.25, -0.2) is 4.79 Å². The maximum Gasteiger partial charge on any atom is 0.338 e. The fourth-order valence-electron chi connectivity index (χ4n) is 3.51. The molecule has 0 spiro atoms. The minimum atomic E-state index is -0.544. The summed E-state index contributed by atoms with van der Waals surface area (Å²) in [6, 6.07) is 18.1. The number of amides is 1. The average molecular weight is 471 g/mol. The lowest BCUT2D eigenvalue weighted by Gasteiger charge is -2.19. The Morgan fingerprint density at radius 2 is 1.88 bits per heavy atom. The van der Waals surface area contributed by atoms with Crippen LogP contribution in [0.1, 0.15) is 27.2 Å². The van der Waals surface area contributed by atoms with Crippen LogP contribution in [0.5, 0.6) is 0 Å². The van der Waals surface area contributed by atoms with Crippen molar-refractivity contribution >= 4 is 45.8 Å². The highest BCUT2D eigenvalue weighted by Gasteiger charge is 2.36. The Bertz CT molecular complexity index is 1430. The van der Waals surface area contributed by atoms with Crippen molar-refractivity contribution in [3.63, 3.8) is 0 Å². The molecule has 2 aromatic carbocycles. The van der Waals surface area contributed by atoms with Crippen molar-refractivity contribution < 1.29 is 18.7 Å². The Kier molecular flexibility index (Phi) is 5.46. The predicted molar refractivity (Wildman–Crippen MR) is 131 cm³/mol. The van der Waals surface area contributed by atoms with Crippen molar-refractivity contribution in [3.8, 4) is 11.3 Å². The van der Waals surface area contributed by atoms with Crippen LogP contribution in [0.25, 0.3) is 17.4 Å². The SMILES string of the molecule is COC(=O)c1ccccc1-c1ccc(/C=C2/C(=N)N3N=C(c4ccc(C)cc4)SC3=NC2=O)o1. The lowest BCUT2D eigenvalue weighted by Crippen LogP contribution is -2.35. The van der Waals surface area contributed by atoms with Crippen molar-refractivity contribution in [2.24, 2.45) is 10.1 Å². The van der Waals surface area contributed by atoms with Crippen LogP contribution in [-0.4, -0.2) is 40.0 Å². The average Bonchev–Trinajstić information content (AvgIpc) is 3.49. The number of nitrogens with zero attached hydrogens (tertiary/aromatic N) is 3. The van der Waals surface area contributed by atoms with Crippen LogP contribution in [0.3, 0.4) is 0 Å². The van der Waals surface area contributed by atoms with E-state index in [4.69, 9.17) is 14.6 Å². The Hall–Kier alpha value is -4.24. The van der Waals surface area contributed by atoms with Gasteiger partial charge in [-0.2, -0.15) is 15.1 Å². The molecule has 3 aromatic rings. The van der Waals surface area contributed by atoms with Crippen molar-refractivity contribution in [1.82, 2.24) is 5.01 Å². The summed E-state index contributed by atoms with van der Waals surface area (Å²) < 4.78 is 10.7. The molecule has 0 atom stereocenters. The van der Waals surface area contributed by atoms with Crippen LogP contribution in [-0.2, 0) is 9.53 Å². The van der Waals surface area contributed by atoms with E-state index < -0.39 is 11.9 Å². The van der Waals surface area contributed by atoms with E-state index in [1.165, 1.54) is 30.0 Å². The molecule has 9 heteroatoms. The van der Waals surface area contributed by atoms with Crippen molar-refractivity contribution in [3.05, 3.63) is 88.7 Å². The lowest BCUT2D eigenvalue weighted by molar-refractivity contribution is -0.114. The van der Waals surface area contributed by atoms with E-state index in [1.54, 1.807) is 36.4 Å². The van der Waals surface area contributed by atoms with Crippen LogP contribution in [0.2, 0.25) is 0 Å². The largest absolute Gasteiger partial charge is 0.465 e. The molecule has 0 saturated carbocycles. The molecule has 0 fully saturated rings. The summed E-state index contributed by atoms with van der Waals surface area (Å²) in [4.78, 5) is 28.9. The number of aryl methyl sites for hydroxylation is 1. The first-order valence-corrected chi connectivity index (χ1v) is 11.1. The fourth-order valence-corrected chi connectivity index (χ4v) is 4.40. The standard InChI is InChI=1S/C25H18N4O4S/c1-14-7-9-15(10-8-14)23-28-29-21(26)19(22(30)27-25(29)34-23)13-16-11-12-20(33-16)17-5-3-4-6-18(17)24(31)32-2/h3-13,26H,1-2H3/b19-13-,26-21?. The number of ether oxygens (including phenoxy) is 1. The van der Waals surface area contributed by atoms with Gasteiger partial charge < -0.3 is 9.15 Å². The van der Waals surface area contributed by atoms with Gasteiger partial charge in [0.1, 0.15) is 16.6 Å². The van der Waals surface area contributed by atoms with Gasteiger partial charge in [0.05, 0.1) is 18.2 Å². The van der Waals surface area contributed by atoms with Crippen LogP contribution in [0, 0.1) is 12.3 Å². The van der Waals surface area contributed by atoms with E-state index in [1.807, 2.05) is 31.2 Å². The first kappa shape index (κ1) is 21.6. The Morgan fingerprint density at radius 1 is 1.12 bits per heavy atom. The third kappa shape index (κ3) is 3.86. The number of hydrogen-bond donors (Lipinski definition) is 1. The maximum atomic E-state index is 12.7. The van der Waals surface area contributed by atoms with Crippen molar-refractivity contribution in [2.45, 2.75) is 6.92 Å². The number of amidine groups is 2. The minimum Gasteiger partial charge on any atom is -0.465 e. The molecule has 0 aliphatic carbocycles. The van der Waals surface area contributed by atoms with Crippen LogP contribution in [0.4, 0.5) is 0 Å². The number of methoxy groups -OCH3 is 1. The third-order valence-electron chi connectivity index (χ3n) is 5.26. The number of rotatable bonds is 4. The molecule has 0 unspecified atom stereocenters. The van der Waals surface area contributed by atoms with E-state index >= 15 is 0 Å². The highest BCUT2D eigenvalue weighted by molar-refractivity contribution is 8.27. The van der Waals surface area contributed by atoms with Gasteiger partial charge in [-0.1, -0.05) is 48.0 Å². The van der Waals surface area contributed by atoms with E-state index in [9.17, 15) is 9.59 Å². The molecular formula is C25H18N4O4S. The zero-order valence-electron chi connectivity index (χ0n) is 18.2. The molecule has 0 saturated heterocycles. The molecule has 2 aliphatic rings. The molecule has 5 rings (SSSR count). The highest BCUT2D eigenvalue weighted by atomic mass is 32.2. The van der Waals surface area contributed by atoms with Crippen LogP contribution in [0.15, 0.2) is 80.7 Å². The van der Waals surface area contributed by atoms with Crippen LogP contribution >= 0.6 is 11.8 Å². The molecule has 0 radical (unpaired) electrons. The summed E-state index contributed by atoms with van der Waals surface area (Å²) >= 11 is 1.25. The number of thioether (sulfide) groups is 1. The van der Waals surface area contributed by atoms with Gasteiger partial charge in [0.2, 0.25) is 5.17 Å². The monoisotopic (exact) mass is 470 g/mol. The van der Waals surface area contributed by atoms with Gasteiger partial charge in [0.15, 0.2) is 5.84 Å². The van der Waals surface area contributed by atoms with E-state index in [0.29, 0.717) is 32.9 Å². The highest BCUT2D eigenvalue weighted by Crippen LogP contribution is 2.32. The van der Waals surface area contributed by atoms with Crippen molar-refractivity contribution in [2.75, 3.05) is 7.11 Å². The lowest BCUT2D eigenvalue weighted by atomic mass is 10.1. The number of furan rings is 1. The molecule has 1 N–H and O–H groups in total. The summed E-state index contributed by atoms with van der Waals surface area (Å²) in [7, 11) is 1.32. The van der Waals surface area contributed by atoms with Gasteiger partial charge in [-0.05, 0) is 43.0 Å². The quantitative estimate of drug-likeness (QED) is 0.437. The number of nitrogens with one attached hydrogen (secondary N) is 1. The molecule has 1 aromatic heterocycles. The predicted octanol–water partition coefficient (Wildman–Crippen LogP) is 4.71. The van der Waals surface area contributed by atoms with Gasteiger partial charge >= 0.3 is 5.97 Å². The number of fused-ring (bicyclic) bond motifs is 1. The molecule has 2 aliphatic heterocycles. The molecule has 1 amide bonds. The van der Waals surface area contributed by atoms with Gasteiger partial charge in [-0.15, -0.1) is 0 Å². The zero-order valence-corrected chi connectivity index (χ0v) is 19.1. The Morgan fingerprint density at radius 3 is 2.65 bits per heavy atom. The number of hydrazone groups is 1. The normalized spacial score (nSPS) is 16.4. The number of hydrogen-bond acceptors (Lipinski definition) is 7. The van der Waals surface area contributed by atoms with Crippen LogP contribution < -0.4 is 0 Å². The summed E-state index contributed by atoms with van der Waals surface area (Å²) in [6.07, 6.45) is 1.46. The van der Waals surface area contributed by atoms with Gasteiger partial charge in [-0.3, -0.25) is 10.2 Å². The Labute approximate surface area is 199 Å². The number of benzene rings is 2. The smallest absolute Gasteiger partial charge is 0.338 e. The Balaban J connectivity index is 1.45. The molecule has 3 heterocycles. The molecular weight excluding hydrogens is 452 g/mol. The summed E-state index contributed by atoms with van der Waals surface area (Å²) in [5.74, 6) is -0.333. The molecule has 34 heavy (non-hydrogen) atoms. The number of carbonyl (C=O) groups excluding carboxylic acids is 2. The topological polar surface area (TPSA) is 108 Å². The first-order valence-electron chi connectivity index (χ1n) is 10.3. The van der Waals surface area contributed by atoms with Gasteiger partial charge in [0.25, 0.3) is 5.91 Å².